The molecule has 6 heteroatoms. The first kappa shape index (κ1) is 14.8. The topological polar surface area (TPSA) is 52.4 Å². The van der Waals surface area contributed by atoms with Crippen LogP contribution in [0.2, 0.25) is 0 Å². The quantitative estimate of drug-likeness (QED) is 0.491. The molecule has 0 amide bonds. The van der Waals surface area contributed by atoms with Gasteiger partial charge in [-0.1, -0.05) is 13.8 Å². The molecule has 1 aromatic carbocycles. The molecule has 1 rings (SSSR count). The highest BCUT2D eigenvalue weighted by molar-refractivity contribution is 7.80. The zero-order valence-corrected chi connectivity index (χ0v) is 11.2. The van der Waals surface area contributed by atoms with E-state index in [1.54, 1.807) is 0 Å². The highest BCUT2D eigenvalue weighted by Gasteiger charge is 2.18. The molecule has 100 valence electrons. The Morgan fingerprint density at radius 3 is 2.67 bits per heavy atom. The highest BCUT2D eigenvalue weighted by Crippen LogP contribution is 2.28. The Balaban J connectivity index is 2.83. The van der Waals surface area contributed by atoms with Crippen molar-refractivity contribution in [1.29, 1.82) is 0 Å². The lowest BCUT2D eigenvalue weighted by Gasteiger charge is -2.18. The first-order chi connectivity index (χ1) is 8.45. The summed E-state index contributed by atoms with van der Waals surface area (Å²) in [5.74, 6) is 0.530. The zero-order valence-electron chi connectivity index (χ0n) is 10.3. The van der Waals surface area contributed by atoms with Gasteiger partial charge in [-0.15, -0.1) is 0 Å². The molecule has 0 N–H and O–H groups in total. The minimum atomic E-state index is -0.583. The van der Waals surface area contributed by atoms with Crippen molar-refractivity contribution < 1.29 is 14.1 Å². The molecule has 0 radical (unpaired) electrons. The van der Waals surface area contributed by atoms with Crippen molar-refractivity contribution in [2.45, 2.75) is 13.8 Å². The van der Waals surface area contributed by atoms with Gasteiger partial charge in [-0.3, -0.25) is 10.1 Å². The van der Waals surface area contributed by atoms with Gasteiger partial charge in [-0.2, -0.15) is 12.6 Å². The van der Waals surface area contributed by atoms with Crippen LogP contribution in [0.15, 0.2) is 18.2 Å². The average Bonchev–Trinajstić information content (AvgIpc) is 2.29. The van der Waals surface area contributed by atoms with Crippen LogP contribution >= 0.6 is 12.6 Å². The largest absolute Gasteiger partial charge is 0.486 e. The van der Waals surface area contributed by atoms with E-state index in [-0.39, 0.29) is 24.0 Å². The highest BCUT2D eigenvalue weighted by atomic mass is 32.1. The third kappa shape index (κ3) is 3.87. The smallest absolute Gasteiger partial charge is 0.311 e. The van der Waals surface area contributed by atoms with Crippen molar-refractivity contribution in [1.82, 2.24) is 0 Å². The third-order valence-corrected chi connectivity index (χ3v) is 3.22. The normalized spacial score (nSPS) is 12.5. The predicted molar refractivity (Wildman–Crippen MR) is 70.7 cm³/mol. The van der Waals surface area contributed by atoms with E-state index in [0.29, 0.717) is 11.7 Å². The molecule has 4 nitrogen and oxygen atoms in total. The molecule has 0 saturated carbocycles. The maximum Gasteiger partial charge on any atom is 0.311 e. The summed E-state index contributed by atoms with van der Waals surface area (Å²) in [7, 11) is 0. The zero-order chi connectivity index (χ0) is 13.7. The van der Waals surface area contributed by atoms with Gasteiger partial charge in [-0.25, -0.2) is 4.39 Å². The molecule has 0 aliphatic heterocycles. The number of ether oxygens (including phenoxy) is 1. The Labute approximate surface area is 111 Å². The fourth-order valence-electron chi connectivity index (χ4n) is 1.41. The molecule has 0 bridgehead atoms. The number of nitro groups is 1. The standard InChI is InChI=1S/C12H16FNO3S/c1-8(2)9(7-18)6-17-12-5-10(13)3-4-11(12)14(15)16/h3-5,8-9,18H,6-7H2,1-2H3. The molecule has 0 spiro atoms. The third-order valence-electron chi connectivity index (χ3n) is 2.75. The Kier molecular flexibility index (Phi) is 5.40. The fraction of sp³-hybridized carbons (Fsp3) is 0.500. The minimum absolute atomic E-state index is 0.0348. The summed E-state index contributed by atoms with van der Waals surface area (Å²) in [5, 5.41) is 10.8. The van der Waals surface area contributed by atoms with E-state index in [2.05, 4.69) is 12.6 Å². The fourth-order valence-corrected chi connectivity index (χ4v) is 1.93. The molecule has 1 atom stereocenters. The maximum atomic E-state index is 13.1. The number of hydrogen-bond acceptors (Lipinski definition) is 4. The summed E-state index contributed by atoms with van der Waals surface area (Å²) < 4.78 is 18.4. The lowest BCUT2D eigenvalue weighted by Crippen LogP contribution is -2.19. The Morgan fingerprint density at radius 1 is 1.50 bits per heavy atom. The van der Waals surface area contributed by atoms with E-state index in [4.69, 9.17) is 4.74 Å². The summed E-state index contributed by atoms with van der Waals surface area (Å²) in [6, 6.07) is 3.19. The van der Waals surface area contributed by atoms with Crippen LogP contribution in [0.5, 0.6) is 5.75 Å². The molecular weight excluding hydrogens is 257 g/mol. The number of benzene rings is 1. The van der Waals surface area contributed by atoms with Crippen LogP contribution < -0.4 is 4.74 Å². The number of nitro benzene ring substituents is 1. The number of thiol groups is 1. The number of rotatable bonds is 6. The van der Waals surface area contributed by atoms with Crippen molar-refractivity contribution >= 4 is 18.3 Å². The molecular formula is C12H16FNO3S. The molecule has 1 unspecified atom stereocenters. The van der Waals surface area contributed by atoms with Gasteiger partial charge in [0.25, 0.3) is 0 Å². The molecule has 0 aliphatic rings. The van der Waals surface area contributed by atoms with Gasteiger partial charge in [0.2, 0.25) is 0 Å². The van der Waals surface area contributed by atoms with Crippen LogP contribution in [0.1, 0.15) is 13.8 Å². The van der Waals surface area contributed by atoms with Gasteiger partial charge in [-0.05, 0) is 17.7 Å². The summed E-state index contributed by atoms with van der Waals surface area (Å²) in [4.78, 5) is 10.2. The molecule has 0 heterocycles. The molecule has 1 aromatic rings. The monoisotopic (exact) mass is 273 g/mol. The molecule has 0 saturated heterocycles. The first-order valence-electron chi connectivity index (χ1n) is 5.63. The van der Waals surface area contributed by atoms with E-state index >= 15 is 0 Å². The first-order valence-corrected chi connectivity index (χ1v) is 6.26. The summed E-state index contributed by atoms with van der Waals surface area (Å²) in [6.07, 6.45) is 0. The average molecular weight is 273 g/mol. The van der Waals surface area contributed by atoms with Gasteiger partial charge >= 0.3 is 5.69 Å². The molecule has 0 fully saturated rings. The SMILES string of the molecule is CC(C)C(CS)COc1cc(F)ccc1[N+](=O)[O-]. The van der Waals surface area contributed by atoms with Crippen LogP contribution in [0, 0.1) is 27.8 Å². The predicted octanol–water partition coefficient (Wildman–Crippen LogP) is 3.31. The maximum absolute atomic E-state index is 13.1. The number of halogens is 1. The molecule has 0 aromatic heterocycles. The van der Waals surface area contributed by atoms with E-state index in [9.17, 15) is 14.5 Å². The van der Waals surface area contributed by atoms with Crippen molar-refractivity contribution in [3.63, 3.8) is 0 Å². The Hall–Kier alpha value is -1.30. The molecule has 18 heavy (non-hydrogen) atoms. The van der Waals surface area contributed by atoms with Crippen molar-refractivity contribution in [3.05, 3.63) is 34.1 Å². The van der Waals surface area contributed by atoms with Crippen molar-refractivity contribution in [2.75, 3.05) is 12.4 Å². The second-order valence-corrected chi connectivity index (χ2v) is 4.73. The van der Waals surface area contributed by atoms with Crippen LogP contribution in [0.25, 0.3) is 0 Å². The summed E-state index contributed by atoms with van der Waals surface area (Å²) >= 11 is 4.20. The lowest BCUT2D eigenvalue weighted by atomic mass is 9.99. The Bertz CT molecular complexity index is 426. The van der Waals surface area contributed by atoms with Gasteiger partial charge in [0.05, 0.1) is 11.5 Å². The van der Waals surface area contributed by atoms with Gasteiger partial charge in [0.15, 0.2) is 5.75 Å². The summed E-state index contributed by atoms with van der Waals surface area (Å²) in [5.41, 5.74) is -0.224. The van der Waals surface area contributed by atoms with Crippen LogP contribution in [0.4, 0.5) is 10.1 Å². The summed E-state index contributed by atoms with van der Waals surface area (Å²) in [6.45, 7) is 4.32. The number of nitrogens with zero attached hydrogens (tertiary/aromatic N) is 1. The molecule has 0 aliphatic carbocycles. The van der Waals surface area contributed by atoms with Crippen molar-refractivity contribution in [2.24, 2.45) is 11.8 Å². The van der Waals surface area contributed by atoms with E-state index in [1.165, 1.54) is 0 Å². The lowest BCUT2D eigenvalue weighted by molar-refractivity contribution is -0.386. The number of hydrogen-bond donors (Lipinski definition) is 1. The minimum Gasteiger partial charge on any atom is -0.486 e. The van der Waals surface area contributed by atoms with E-state index in [1.807, 2.05) is 13.8 Å². The van der Waals surface area contributed by atoms with Gasteiger partial charge in [0.1, 0.15) is 5.82 Å². The van der Waals surface area contributed by atoms with Crippen molar-refractivity contribution in [3.8, 4) is 5.75 Å². The van der Waals surface area contributed by atoms with E-state index in [0.717, 1.165) is 18.2 Å². The Morgan fingerprint density at radius 2 is 2.17 bits per heavy atom. The second-order valence-electron chi connectivity index (χ2n) is 4.37. The van der Waals surface area contributed by atoms with Crippen LogP contribution in [-0.2, 0) is 0 Å². The second kappa shape index (κ2) is 6.58. The van der Waals surface area contributed by atoms with Crippen LogP contribution in [-0.4, -0.2) is 17.3 Å². The van der Waals surface area contributed by atoms with Crippen LogP contribution in [0.3, 0.4) is 0 Å². The van der Waals surface area contributed by atoms with Gasteiger partial charge in [0, 0.05) is 18.1 Å². The van der Waals surface area contributed by atoms with Gasteiger partial charge < -0.3 is 4.74 Å². The van der Waals surface area contributed by atoms with E-state index < -0.39 is 10.7 Å².